The number of carbonyl (C=O) groups excluding carboxylic acids is 4. The highest BCUT2D eigenvalue weighted by Gasteiger charge is 2.33. The van der Waals surface area contributed by atoms with E-state index in [4.69, 9.17) is 9.47 Å². The maximum Gasteiger partial charge on any atom is 0.408 e. The first-order valence-electron chi connectivity index (χ1n) is 10.6. The van der Waals surface area contributed by atoms with Crippen LogP contribution in [0.4, 0.5) is 4.79 Å². The number of unbranched alkanes of at least 4 members (excludes halogenated alkanes) is 1. The lowest BCUT2D eigenvalue weighted by molar-refractivity contribution is -0.146. The SMILES string of the molecule is CCCC[C@H](NC(=O)OCc1ccccc1)C(=O)N[C@@H](CC1CCNC1=O)C(=O)OC. The van der Waals surface area contributed by atoms with Gasteiger partial charge in [0.25, 0.3) is 0 Å². The molecule has 1 saturated heterocycles. The van der Waals surface area contributed by atoms with Crippen molar-refractivity contribution in [2.24, 2.45) is 5.92 Å². The van der Waals surface area contributed by atoms with Gasteiger partial charge in [0.2, 0.25) is 11.8 Å². The summed E-state index contributed by atoms with van der Waals surface area (Å²) >= 11 is 0. The van der Waals surface area contributed by atoms with Crippen LogP contribution in [0, 0.1) is 5.92 Å². The molecule has 1 aliphatic rings. The van der Waals surface area contributed by atoms with Crippen LogP contribution in [-0.4, -0.2) is 49.6 Å². The molecule has 3 atom stereocenters. The Morgan fingerprint density at radius 3 is 2.52 bits per heavy atom. The fourth-order valence-corrected chi connectivity index (χ4v) is 3.37. The van der Waals surface area contributed by atoms with Gasteiger partial charge in [-0.1, -0.05) is 50.1 Å². The fourth-order valence-electron chi connectivity index (χ4n) is 3.37. The van der Waals surface area contributed by atoms with E-state index in [-0.39, 0.29) is 24.9 Å². The predicted octanol–water partition coefficient (Wildman–Crippen LogP) is 1.66. The summed E-state index contributed by atoms with van der Waals surface area (Å²) in [6, 6.07) is 7.35. The van der Waals surface area contributed by atoms with E-state index in [0.717, 1.165) is 12.0 Å². The smallest absolute Gasteiger partial charge is 0.408 e. The summed E-state index contributed by atoms with van der Waals surface area (Å²) in [7, 11) is 1.23. The van der Waals surface area contributed by atoms with Crippen molar-refractivity contribution in [3.05, 3.63) is 35.9 Å². The first kappa shape index (κ1) is 24.2. The van der Waals surface area contributed by atoms with Crippen LogP contribution >= 0.6 is 0 Å². The third-order valence-corrected chi connectivity index (χ3v) is 5.15. The van der Waals surface area contributed by atoms with Crippen molar-refractivity contribution < 1.29 is 28.7 Å². The molecule has 0 bridgehead atoms. The highest BCUT2D eigenvalue weighted by atomic mass is 16.5. The maximum atomic E-state index is 12.9. The molecule has 1 heterocycles. The fraction of sp³-hybridized carbons (Fsp3) is 0.545. The number of nitrogens with one attached hydrogen (secondary N) is 3. The topological polar surface area (TPSA) is 123 Å². The second kappa shape index (κ2) is 12.6. The van der Waals surface area contributed by atoms with Crippen molar-refractivity contribution in [1.82, 2.24) is 16.0 Å². The Bertz CT molecular complexity index is 755. The summed E-state index contributed by atoms with van der Waals surface area (Å²) in [5.74, 6) is -1.66. The summed E-state index contributed by atoms with van der Waals surface area (Å²) in [6.45, 7) is 2.59. The Labute approximate surface area is 182 Å². The molecule has 9 heteroatoms. The third kappa shape index (κ3) is 7.92. The molecule has 1 aliphatic heterocycles. The van der Waals surface area contributed by atoms with E-state index in [2.05, 4.69) is 16.0 Å². The average Bonchev–Trinajstić information content (AvgIpc) is 3.19. The summed E-state index contributed by atoms with van der Waals surface area (Å²) in [5, 5.41) is 7.93. The zero-order chi connectivity index (χ0) is 22.6. The zero-order valence-electron chi connectivity index (χ0n) is 18.0. The summed E-state index contributed by atoms with van der Waals surface area (Å²) < 4.78 is 10.0. The van der Waals surface area contributed by atoms with Crippen LogP contribution < -0.4 is 16.0 Å². The van der Waals surface area contributed by atoms with E-state index < -0.39 is 30.1 Å². The van der Waals surface area contributed by atoms with Crippen molar-refractivity contribution in [3.63, 3.8) is 0 Å². The molecule has 3 amide bonds. The van der Waals surface area contributed by atoms with Gasteiger partial charge in [0.15, 0.2) is 0 Å². The first-order chi connectivity index (χ1) is 14.9. The van der Waals surface area contributed by atoms with E-state index >= 15 is 0 Å². The number of amides is 3. The number of carbonyl (C=O) groups is 4. The molecule has 1 aromatic rings. The number of ether oxygens (including phenoxy) is 2. The Morgan fingerprint density at radius 2 is 1.90 bits per heavy atom. The van der Waals surface area contributed by atoms with Crippen molar-refractivity contribution in [2.45, 2.75) is 57.7 Å². The van der Waals surface area contributed by atoms with Crippen LogP contribution in [0.15, 0.2) is 30.3 Å². The number of hydrogen-bond acceptors (Lipinski definition) is 6. The molecular formula is C22H31N3O6. The molecule has 0 spiro atoms. The third-order valence-electron chi connectivity index (χ3n) is 5.15. The quantitative estimate of drug-likeness (QED) is 0.456. The monoisotopic (exact) mass is 433 g/mol. The molecule has 9 nitrogen and oxygen atoms in total. The molecule has 1 unspecified atom stereocenters. The average molecular weight is 434 g/mol. The van der Waals surface area contributed by atoms with Gasteiger partial charge >= 0.3 is 12.1 Å². The minimum absolute atomic E-state index is 0.0797. The van der Waals surface area contributed by atoms with Crippen LogP contribution in [0.2, 0.25) is 0 Å². The predicted molar refractivity (Wildman–Crippen MR) is 113 cm³/mol. The van der Waals surface area contributed by atoms with Gasteiger partial charge in [-0.25, -0.2) is 9.59 Å². The Kier molecular flexibility index (Phi) is 9.80. The van der Waals surface area contributed by atoms with Crippen molar-refractivity contribution in [1.29, 1.82) is 0 Å². The van der Waals surface area contributed by atoms with Crippen LogP contribution in [-0.2, 0) is 30.5 Å². The van der Waals surface area contributed by atoms with E-state index in [1.54, 1.807) is 0 Å². The summed E-state index contributed by atoms with van der Waals surface area (Å²) in [4.78, 5) is 49.1. The molecule has 170 valence electrons. The van der Waals surface area contributed by atoms with Gasteiger partial charge in [-0.3, -0.25) is 9.59 Å². The lowest BCUT2D eigenvalue weighted by Gasteiger charge is -2.23. The Morgan fingerprint density at radius 1 is 1.16 bits per heavy atom. The summed E-state index contributed by atoms with van der Waals surface area (Å²) in [6.07, 6.45) is 1.93. The molecule has 3 N–H and O–H groups in total. The largest absolute Gasteiger partial charge is 0.467 e. The summed E-state index contributed by atoms with van der Waals surface area (Å²) in [5.41, 5.74) is 0.827. The van der Waals surface area contributed by atoms with Gasteiger partial charge in [0, 0.05) is 12.5 Å². The lowest BCUT2D eigenvalue weighted by atomic mass is 9.98. The van der Waals surface area contributed by atoms with E-state index in [0.29, 0.717) is 25.8 Å². The molecule has 31 heavy (non-hydrogen) atoms. The van der Waals surface area contributed by atoms with Gasteiger partial charge in [0.1, 0.15) is 18.7 Å². The van der Waals surface area contributed by atoms with E-state index in [1.165, 1.54) is 7.11 Å². The zero-order valence-corrected chi connectivity index (χ0v) is 18.0. The molecule has 0 radical (unpaired) electrons. The molecule has 0 aliphatic carbocycles. The first-order valence-corrected chi connectivity index (χ1v) is 10.6. The number of esters is 1. The second-order valence-electron chi connectivity index (χ2n) is 7.50. The van der Waals surface area contributed by atoms with Gasteiger partial charge in [0.05, 0.1) is 7.11 Å². The Hall–Kier alpha value is -3.10. The molecule has 1 aromatic carbocycles. The van der Waals surface area contributed by atoms with Gasteiger partial charge in [-0.15, -0.1) is 0 Å². The van der Waals surface area contributed by atoms with Crippen molar-refractivity contribution in [2.75, 3.05) is 13.7 Å². The van der Waals surface area contributed by atoms with Gasteiger partial charge in [-0.2, -0.15) is 0 Å². The van der Waals surface area contributed by atoms with Crippen LogP contribution in [0.25, 0.3) is 0 Å². The number of hydrogen-bond donors (Lipinski definition) is 3. The standard InChI is InChI=1S/C22H31N3O6/c1-3-4-10-17(25-22(29)31-14-15-8-6-5-7-9-15)20(27)24-18(21(28)30-2)13-16-11-12-23-19(16)26/h5-9,16-18H,3-4,10-14H2,1-2H3,(H,23,26)(H,24,27)(H,25,29)/t16?,17-,18-/m0/s1. The highest BCUT2D eigenvalue weighted by Crippen LogP contribution is 2.17. The molecular weight excluding hydrogens is 402 g/mol. The number of methoxy groups -OCH3 is 1. The highest BCUT2D eigenvalue weighted by molar-refractivity contribution is 5.90. The van der Waals surface area contributed by atoms with Crippen LogP contribution in [0.5, 0.6) is 0 Å². The number of rotatable bonds is 11. The molecule has 1 fully saturated rings. The van der Waals surface area contributed by atoms with Crippen molar-refractivity contribution in [3.8, 4) is 0 Å². The van der Waals surface area contributed by atoms with Crippen LogP contribution in [0.1, 0.15) is 44.6 Å². The second-order valence-corrected chi connectivity index (χ2v) is 7.50. The minimum Gasteiger partial charge on any atom is -0.467 e. The van der Waals surface area contributed by atoms with Gasteiger partial charge < -0.3 is 25.4 Å². The lowest BCUT2D eigenvalue weighted by Crippen LogP contribution is -2.52. The molecule has 0 saturated carbocycles. The van der Waals surface area contributed by atoms with E-state index in [1.807, 2.05) is 37.3 Å². The number of alkyl carbamates (subject to hydrolysis) is 1. The minimum atomic E-state index is -0.974. The van der Waals surface area contributed by atoms with Crippen molar-refractivity contribution >= 4 is 23.9 Å². The normalized spacial score (nSPS) is 17.2. The Balaban J connectivity index is 1.97. The number of benzene rings is 1. The van der Waals surface area contributed by atoms with Crippen LogP contribution in [0.3, 0.4) is 0 Å². The maximum absolute atomic E-state index is 12.9. The molecule has 2 rings (SSSR count). The van der Waals surface area contributed by atoms with Gasteiger partial charge in [-0.05, 0) is 24.8 Å². The van der Waals surface area contributed by atoms with E-state index in [9.17, 15) is 19.2 Å². The molecule has 0 aromatic heterocycles.